The fourth-order valence-electron chi connectivity index (χ4n) is 1.36. The lowest BCUT2D eigenvalue weighted by Crippen LogP contribution is -1.97. The Bertz CT molecular complexity index is 567. The van der Waals surface area contributed by atoms with Crippen LogP contribution in [0.1, 0.15) is 15.9 Å². The van der Waals surface area contributed by atoms with Gasteiger partial charge in [-0.3, -0.25) is 10.4 Å². The first-order valence-electron chi connectivity index (χ1n) is 5.28. The molecule has 5 nitrogen and oxygen atoms in total. The Kier molecular flexibility index (Phi) is 3.66. The van der Waals surface area contributed by atoms with Crippen LogP contribution in [0, 0.1) is 0 Å². The summed E-state index contributed by atoms with van der Waals surface area (Å²) in [5.74, 6) is -0.963. The molecule has 0 aliphatic heterocycles. The monoisotopic (exact) mass is 241 g/mol. The zero-order chi connectivity index (χ0) is 12.8. The van der Waals surface area contributed by atoms with Crippen LogP contribution in [0.15, 0.2) is 53.9 Å². The van der Waals surface area contributed by atoms with Gasteiger partial charge in [0.15, 0.2) is 0 Å². The Morgan fingerprint density at radius 2 is 2.22 bits per heavy atom. The average molecular weight is 241 g/mol. The molecule has 2 aromatic rings. The number of carbonyl (C=O) groups is 1. The normalized spacial score (nSPS) is 10.4. The van der Waals surface area contributed by atoms with E-state index in [1.807, 2.05) is 12.1 Å². The SMILES string of the molecule is O=C(O)c1cccc(N/N=C\c2cccnc2)c1. The van der Waals surface area contributed by atoms with E-state index in [4.69, 9.17) is 5.11 Å². The van der Waals surface area contributed by atoms with Crippen LogP contribution in [-0.2, 0) is 0 Å². The fourth-order valence-corrected chi connectivity index (χ4v) is 1.36. The summed E-state index contributed by atoms with van der Waals surface area (Å²) in [6, 6.07) is 10.1. The lowest BCUT2D eigenvalue weighted by molar-refractivity contribution is 0.0697. The minimum absolute atomic E-state index is 0.219. The summed E-state index contributed by atoms with van der Waals surface area (Å²) in [4.78, 5) is 14.7. The number of hydrogen-bond donors (Lipinski definition) is 2. The van der Waals surface area contributed by atoms with Crippen molar-refractivity contribution >= 4 is 17.9 Å². The molecule has 1 aromatic carbocycles. The average Bonchev–Trinajstić information content (AvgIpc) is 2.40. The zero-order valence-electron chi connectivity index (χ0n) is 9.45. The smallest absolute Gasteiger partial charge is 0.335 e. The molecule has 2 N–H and O–H groups in total. The molecule has 2 rings (SSSR count). The van der Waals surface area contributed by atoms with E-state index >= 15 is 0 Å². The number of carboxylic acids is 1. The molecule has 0 saturated heterocycles. The highest BCUT2D eigenvalue weighted by Crippen LogP contribution is 2.10. The number of hydrogen-bond acceptors (Lipinski definition) is 4. The van der Waals surface area contributed by atoms with Gasteiger partial charge < -0.3 is 5.11 Å². The predicted octanol–water partition coefficient (Wildman–Crippen LogP) is 2.23. The second-order valence-electron chi connectivity index (χ2n) is 3.54. The maximum atomic E-state index is 10.8. The van der Waals surface area contributed by atoms with E-state index in [0.717, 1.165) is 5.56 Å². The standard InChI is InChI=1S/C13H11N3O2/c17-13(18)11-4-1-5-12(7-11)16-15-9-10-3-2-6-14-8-10/h1-9,16H,(H,17,18)/b15-9-. The quantitative estimate of drug-likeness (QED) is 0.635. The molecule has 1 aromatic heterocycles. The molecule has 18 heavy (non-hydrogen) atoms. The Hall–Kier alpha value is -2.69. The van der Waals surface area contributed by atoms with Crippen molar-refractivity contribution in [1.82, 2.24) is 4.98 Å². The Morgan fingerprint density at radius 3 is 2.94 bits per heavy atom. The number of aromatic carboxylic acids is 1. The van der Waals surface area contributed by atoms with Crippen molar-refractivity contribution < 1.29 is 9.90 Å². The number of benzene rings is 1. The number of anilines is 1. The van der Waals surface area contributed by atoms with Crippen molar-refractivity contribution in [2.24, 2.45) is 5.10 Å². The van der Waals surface area contributed by atoms with Crippen LogP contribution in [0.2, 0.25) is 0 Å². The molecular formula is C13H11N3O2. The lowest BCUT2D eigenvalue weighted by Gasteiger charge is -2.01. The summed E-state index contributed by atoms with van der Waals surface area (Å²) in [6.45, 7) is 0. The third-order valence-electron chi connectivity index (χ3n) is 2.20. The number of aromatic nitrogens is 1. The Labute approximate surface area is 104 Å². The third-order valence-corrected chi connectivity index (χ3v) is 2.20. The highest BCUT2D eigenvalue weighted by molar-refractivity contribution is 5.88. The summed E-state index contributed by atoms with van der Waals surface area (Å²) in [5, 5.41) is 12.8. The molecule has 0 bridgehead atoms. The Morgan fingerprint density at radius 1 is 1.33 bits per heavy atom. The van der Waals surface area contributed by atoms with Crippen LogP contribution in [0.4, 0.5) is 5.69 Å². The summed E-state index contributed by atoms with van der Waals surface area (Å²) < 4.78 is 0. The van der Waals surface area contributed by atoms with Crippen LogP contribution in [0.25, 0.3) is 0 Å². The highest BCUT2D eigenvalue weighted by Gasteiger charge is 2.01. The third kappa shape index (κ3) is 3.15. The molecular weight excluding hydrogens is 230 g/mol. The molecule has 90 valence electrons. The molecule has 0 aliphatic rings. The Balaban J connectivity index is 2.04. The fraction of sp³-hybridized carbons (Fsp3) is 0. The van der Waals surface area contributed by atoms with Gasteiger partial charge in [0.1, 0.15) is 0 Å². The van der Waals surface area contributed by atoms with E-state index < -0.39 is 5.97 Å². The van der Waals surface area contributed by atoms with E-state index in [-0.39, 0.29) is 5.56 Å². The summed E-state index contributed by atoms with van der Waals surface area (Å²) in [6.07, 6.45) is 4.97. The van der Waals surface area contributed by atoms with Gasteiger partial charge in [-0.1, -0.05) is 12.1 Å². The topological polar surface area (TPSA) is 74.6 Å². The number of nitrogens with one attached hydrogen (secondary N) is 1. The molecule has 0 saturated carbocycles. The van der Waals surface area contributed by atoms with Crippen molar-refractivity contribution in [3.8, 4) is 0 Å². The number of pyridine rings is 1. The van der Waals surface area contributed by atoms with Gasteiger partial charge >= 0.3 is 5.97 Å². The van der Waals surface area contributed by atoms with Crippen molar-refractivity contribution in [2.45, 2.75) is 0 Å². The molecule has 0 radical (unpaired) electrons. The van der Waals surface area contributed by atoms with Crippen molar-refractivity contribution in [2.75, 3.05) is 5.43 Å². The molecule has 1 heterocycles. The van der Waals surface area contributed by atoms with Gasteiger partial charge in [-0.2, -0.15) is 5.10 Å². The van der Waals surface area contributed by atoms with Gasteiger partial charge in [0.05, 0.1) is 17.5 Å². The van der Waals surface area contributed by atoms with E-state index in [9.17, 15) is 4.79 Å². The first-order chi connectivity index (χ1) is 8.75. The van der Waals surface area contributed by atoms with Crippen molar-refractivity contribution in [3.63, 3.8) is 0 Å². The molecule has 5 heteroatoms. The summed E-state index contributed by atoms with van der Waals surface area (Å²) >= 11 is 0. The minimum Gasteiger partial charge on any atom is -0.478 e. The largest absolute Gasteiger partial charge is 0.478 e. The van der Waals surface area contributed by atoms with Crippen LogP contribution in [0.5, 0.6) is 0 Å². The molecule has 0 unspecified atom stereocenters. The second-order valence-corrected chi connectivity index (χ2v) is 3.54. The van der Waals surface area contributed by atoms with E-state index in [0.29, 0.717) is 5.69 Å². The van der Waals surface area contributed by atoms with Gasteiger partial charge in [-0.15, -0.1) is 0 Å². The second kappa shape index (κ2) is 5.58. The van der Waals surface area contributed by atoms with E-state index in [1.165, 1.54) is 12.1 Å². The van der Waals surface area contributed by atoms with E-state index in [2.05, 4.69) is 15.5 Å². The summed E-state index contributed by atoms with van der Waals surface area (Å²) in [7, 11) is 0. The number of hydrazone groups is 1. The lowest BCUT2D eigenvalue weighted by atomic mass is 10.2. The number of nitrogens with zero attached hydrogens (tertiary/aromatic N) is 2. The van der Waals surface area contributed by atoms with Crippen LogP contribution in [-0.4, -0.2) is 22.3 Å². The molecule has 0 aliphatic carbocycles. The van der Waals surface area contributed by atoms with Crippen molar-refractivity contribution in [1.29, 1.82) is 0 Å². The predicted molar refractivity (Wildman–Crippen MR) is 68.9 cm³/mol. The maximum absolute atomic E-state index is 10.8. The van der Waals surface area contributed by atoms with Crippen LogP contribution in [0.3, 0.4) is 0 Å². The number of carboxylic acid groups (broad SMARTS) is 1. The van der Waals surface area contributed by atoms with Crippen LogP contribution < -0.4 is 5.43 Å². The van der Waals surface area contributed by atoms with Gasteiger partial charge in [0.2, 0.25) is 0 Å². The molecule has 0 fully saturated rings. The van der Waals surface area contributed by atoms with Gasteiger partial charge in [-0.25, -0.2) is 4.79 Å². The molecule has 0 amide bonds. The van der Waals surface area contributed by atoms with Crippen molar-refractivity contribution in [3.05, 3.63) is 59.9 Å². The first kappa shape index (κ1) is 11.8. The first-order valence-corrected chi connectivity index (χ1v) is 5.28. The summed E-state index contributed by atoms with van der Waals surface area (Å²) in [5.41, 5.74) is 4.47. The maximum Gasteiger partial charge on any atom is 0.335 e. The van der Waals surface area contributed by atoms with Gasteiger partial charge in [0, 0.05) is 18.0 Å². The zero-order valence-corrected chi connectivity index (χ0v) is 9.45. The minimum atomic E-state index is -0.963. The highest BCUT2D eigenvalue weighted by atomic mass is 16.4. The number of rotatable bonds is 4. The molecule has 0 atom stereocenters. The van der Waals surface area contributed by atoms with Crippen LogP contribution >= 0.6 is 0 Å². The van der Waals surface area contributed by atoms with E-state index in [1.54, 1.807) is 30.7 Å². The van der Waals surface area contributed by atoms with Gasteiger partial charge in [-0.05, 0) is 24.3 Å². The van der Waals surface area contributed by atoms with Gasteiger partial charge in [0.25, 0.3) is 0 Å². The molecule has 0 spiro atoms.